The molecule has 4 atom stereocenters. The Bertz CT molecular complexity index is 2750. The molecule has 21 nitrogen and oxygen atoms in total. The molecule has 3 aromatic rings. The highest BCUT2D eigenvalue weighted by atomic mass is 19.1. The average Bonchev–Trinajstić information content (AvgIpc) is 4.02. The van der Waals surface area contributed by atoms with Crippen LogP contribution in [0.3, 0.4) is 0 Å². The van der Waals surface area contributed by atoms with Crippen LogP contribution in [0.15, 0.2) is 53.5 Å². The predicted octanol–water partition coefficient (Wildman–Crippen LogP) is 3.86. The number of imide groups is 1. The number of carbonyl (C=O) groups excluding carboxylic acids is 7. The Morgan fingerprint density at radius 2 is 1.72 bits per heavy atom. The number of nitrogens with one attached hydrogen (secondary N) is 3. The highest BCUT2D eigenvalue weighted by molar-refractivity contribution is 6.12. The number of carbonyl (C=O) groups is 8. The molecule has 0 spiro atoms. The lowest BCUT2D eigenvalue weighted by molar-refractivity contribution is -0.137. The van der Waals surface area contributed by atoms with Gasteiger partial charge in [-0.05, 0) is 68.2 Å². The molecular weight excluding hydrogens is 938 g/mol. The average molecular weight is 996 g/mol. The number of morpholine rings is 1. The van der Waals surface area contributed by atoms with Crippen LogP contribution >= 0.6 is 0 Å². The van der Waals surface area contributed by atoms with Crippen molar-refractivity contribution in [2.24, 2.45) is 17.6 Å². The van der Waals surface area contributed by atoms with Crippen molar-refractivity contribution in [2.45, 2.75) is 102 Å². The van der Waals surface area contributed by atoms with Gasteiger partial charge in [0.25, 0.3) is 11.8 Å². The number of unbranched alkanes of at least 4 members (excludes halogenated alkanes) is 2. The number of hydrogen-bond donors (Lipinski definition) is 5. The lowest BCUT2D eigenvalue weighted by Crippen LogP contribution is -2.53. The van der Waals surface area contributed by atoms with Crippen molar-refractivity contribution < 1.29 is 57.3 Å². The first kappa shape index (κ1) is 52.2. The van der Waals surface area contributed by atoms with E-state index in [0.717, 1.165) is 11.0 Å². The summed E-state index contributed by atoms with van der Waals surface area (Å²) in [5.41, 5.74) is 4.74. The van der Waals surface area contributed by atoms with Crippen molar-refractivity contribution in [3.63, 3.8) is 0 Å². The number of carboxylic acids is 1. The van der Waals surface area contributed by atoms with Gasteiger partial charge in [-0.25, -0.2) is 18.8 Å². The molecule has 4 aliphatic rings. The first-order valence-corrected chi connectivity index (χ1v) is 24.1. The van der Waals surface area contributed by atoms with Gasteiger partial charge in [0.1, 0.15) is 29.6 Å². The maximum Gasteiger partial charge on any atom is 0.410 e. The third-order valence-electron chi connectivity index (χ3n) is 13.3. The van der Waals surface area contributed by atoms with Crippen LogP contribution in [0.1, 0.15) is 99.2 Å². The van der Waals surface area contributed by atoms with Gasteiger partial charge in [-0.2, -0.15) is 5.26 Å². The molecule has 2 aromatic carbocycles. The number of ketones is 1. The lowest BCUT2D eigenvalue weighted by Gasteiger charge is -2.35. The van der Waals surface area contributed by atoms with Crippen molar-refractivity contribution in [1.82, 2.24) is 25.0 Å². The summed E-state index contributed by atoms with van der Waals surface area (Å²) in [7, 11) is 0. The Kier molecular flexibility index (Phi) is 16.7. The van der Waals surface area contributed by atoms with Gasteiger partial charge < -0.3 is 45.7 Å². The van der Waals surface area contributed by atoms with E-state index in [1.54, 1.807) is 47.6 Å². The number of nitriles is 1. The summed E-state index contributed by atoms with van der Waals surface area (Å²) in [6.07, 6.45) is 5.83. The number of halogens is 1. The summed E-state index contributed by atoms with van der Waals surface area (Å²) in [6.45, 7) is 4.35. The van der Waals surface area contributed by atoms with Crippen LogP contribution in [0.2, 0.25) is 0 Å². The number of aromatic carboxylic acids is 1. The van der Waals surface area contributed by atoms with Gasteiger partial charge in [-0.15, -0.1) is 0 Å². The van der Waals surface area contributed by atoms with Gasteiger partial charge in [0, 0.05) is 81.6 Å². The first-order chi connectivity index (χ1) is 34.4. The minimum atomic E-state index is -1.45. The van der Waals surface area contributed by atoms with Crippen LogP contribution in [0.5, 0.6) is 0 Å². The molecule has 2 saturated heterocycles. The van der Waals surface area contributed by atoms with E-state index < -0.39 is 64.9 Å². The number of nitrogens with zero attached hydrogens (tertiary/aromatic N) is 5. The molecule has 1 aromatic heterocycles. The summed E-state index contributed by atoms with van der Waals surface area (Å²) in [6, 6.07) is 7.21. The Morgan fingerprint density at radius 1 is 1.00 bits per heavy atom. The summed E-state index contributed by atoms with van der Waals surface area (Å²) in [5, 5.41) is 28.0. The van der Waals surface area contributed by atoms with Crippen LogP contribution in [0, 0.1) is 29.0 Å². The van der Waals surface area contributed by atoms with E-state index in [-0.39, 0.29) is 123 Å². The van der Waals surface area contributed by atoms with Gasteiger partial charge in [0.05, 0.1) is 41.4 Å². The third-order valence-corrected chi connectivity index (χ3v) is 13.3. The predicted molar refractivity (Wildman–Crippen MR) is 257 cm³/mol. The van der Waals surface area contributed by atoms with Crippen molar-refractivity contribution in [1.29, 1.82) is 5.26 Å². The topological polar surface area (TPSA) is 293 Å². The van der Waals surface area contributed by atoms with Crippen LogP contribution in [0.4, 0.5) is 25.4 Å². The van der Waals surface area contributed by atoms with Gasteiger partial charge in [0.15, 0.2) is 5.78 Å². The second-order valence-corrected chi connectivity index (χ2v) is 18.8. The molecule has 4 heterocycles. The van der Waals surface area contributed by atoms with Crippen molar-refractivity contribution >= 4 is 69.8 Å². The largest absolute Gasteiger partial charge is 0.477 e. The van der Waals surface area contributed by atoms with Crippen molar-refractivity contribution in [3.8, 4) is 6.07 Å². The monoisotopic (exact) mass is 995 g/mol. The van der Waals surface area contributed by atoms with Crippen LogP contribution in [-0.4, -0.2) is 124 Å². The zero-order valence-corrected chi connectivity index (χ0v) is 40.0. The minimum absolute atomic E-state index is 0.0713. The number of rotatable bonds is 22. The fourth-order valence-corrected chi connectivity index (χ4v) is 9.44. The van der Waals surface area contributed by atoms with Crippen LogP contribution in [-0.2, 0) is 40.1 Å². The van der Waals surface area contributed by atoms with Crippen LogP contribution in [0.25, 0.3) is 10.9 Å². The van der Waals surface area contributed by atoms with Gasteiger partial charge in [0.2, 0.25) is 17.2 Å². The number of nitrogens with two attached hydrogens (primary N) is 1. The Balaban J connectivity index is 0.939. The highest BCUT2D eigenvalue weighted by Crippen LogP contribution is 2.41. The minimum Gasteiger partial charge on any atom is -0.477 e. The Hall–Kier alpha value is -7.67. The van der Waals surface area contributed by atoms with E-state index in [4.69, 9.17) is 15.2 Å². The maximum absolute atomic E-state index is 16.1. The molecule has 1 saturated carbocycles. The molecular formula is C50H58FN9O12. The molecule has 6 N–H and O–H groups in total. The van der Waals surface area contributed by atoms with E-state index in [0.29, 0.717) is 49.8 Å². The third kappa shape index (κ3) is 12.3. The van der Waals surface area contributed by atoms with E-state index in [2.05, 4.69) is 22.0 Å². The molecule has 22 heteroatoms. The number of benzene rings is 2. The number of ether oxygens (including phenoxy) is 2. The second kappa shape index (κ2) is 23.0. The zero-order chi connectivity index (χ0) is 51.8. The molecule has 1 aliphatic carbocycles. The molecule has 7 rings (SSSR count). The number of Topliss-reactive ketones (excluding diaryl/α,β-unsaturated/α-hetero) is 1. The van der Waals surface area contributed by atoms with E-state index >= 15 is 4.39 Å². The molecule has 3 aliphatic heterocycles. The number of pyridine rings is 1. The van der Waals surface area contributed by atoms with Crippen molar-refractivity contribution in [2.75, 3.05) is 49.5 Å². The van der Waals surface area contributed by atoms with E-state index in [1.807, 2.05) is 0 Å². The SMILES string of the molecule is CC(C)[C@H](NC(=O)CCCCCN1C(=O)C=CC1=O)C(=O)C[C@@H](CCCNC(N)=O)C(=O)Nc1ccc(COC(=O)N2CCO[C@@H]3CN(c4c(F)cc5c(=O)c(C(=O)O)cn(C6CC6)c5c4C#N)C[C@H]32)cc1. The zero-order valence-electron chi connectivity index (χ0n) is 40.0. The normalized spacial score (nSPS) is 18.2. The fourth-order valence-electron chi connectivity index (χ4n) is 9.44. The number of primary amides is 1. The lowest BCUT2D eigenvalue weighted by atomic mass is 9.89. The van der Waals surface area contributed by atoms with E-state index in [9.17, 15) is 53.5 Å². The number of anilines is 2. The molecule has 382 valence electrons. The quantitative estimate of drug-likeness (QED) is 0.0706. The molecule has 3 fully saturated rings. The fraction of sp³-hybridized carbons (Fsp3) is 0.480. The molecule has 0 radical (unpaired) electrons. The molecule has 0 bridgehead atoms. The second-order valence-electron chi connectivity index (χ2n) is 18.8. The number of aromatic nitrogens is 1. The van der Waals surface area contributed by atoms with Crippen molar-refractivity contribution in [3.05, 3.63) is 81.4 Å². The van der Waals surface area contributed by atoms with Gasteiger partial charge in [-0.3, -0.25) is 38.6 Å². The highest BCUT2D eigenvalue weighted by Gasteiger charge is 2.45. The number of urea groups is 1. The number of amides is 7. The summed E-state index contributed by atoms with van der Waals surface area (Å²) in [5.74, 6) is -5.38. The summed E-state index contributed by atoms with van der Waals surface area (Å²) in [4.78, 5) is 118. The molecule has 72 heavy (non-hydrogen) atoms. The summed E-state index contributed by atoms with van der Waals surface area (Å²) < 4.78 is 29.4. The van der Waals surface area contributed by atoms with E-state index in [1.165, 1.54) is 23.2 Å². The molecule has 7 amide bonds. The Morgan fingerprint density at radius 3 is 2.38 bits per heavy atom. The number of carboxylic acid groups (broad SMARTS) is 1. The number of hydrogen-bond acceptors (Lipinski definition) is 13. The van der Waals surface area contributed by atoms with Gasteiger partial charge in [-0.1, -0.05) is 32.4 Å². The van der Waals surface area contributed by atoms with Crippen LogP contribution < -0.4 is 32.0 Å². The smallest absolute Gasteiger partial charge is 0.410 e. The van der Waals surface area contributed by atoms with Gasteiger partial charge >= 0.3 is 18.1 Å². The Labute approximate surface area is 413 Å². The number of fused-ring (bicyclic) bond motifs is 2. The summed E-state index contributed by atoms with van der Waals surface area (Å²) >= 11 is 0. The first-order valence-electron chi connectivity index (χ1n) is 24.1. The molecule has 0 unspecified atom stereocenters. The standard InChI is InChI=1S/C50H58FN9O12/c1-28(2)43(56-40(62)8-4-3-5-18-59-41(63)15-16-42(59)64)38(61)21-30(7-6-17-54-49(53)69)47(66)55-31-11-9-29(10-12-31)27-72-50(70)58-19-20-71-39-26-57(25-37(39)58)45-34(23-52)44-33(22-36(45)51)46(65)35(48(67)68)24-60(44)32-13-14-32/h9-12,15-16,22,24,28,30,32,37,39,43H,3-8,13-14,17-21,25-27H2,1-2H3,(H,55,66)(H,56,62)(H,67,68)(H3,53,54,69)/t30-,37-,39-,43+/m1/s1. The maximum atomic E-state index is 16.1.